The summed E-state index contributed by atoms with van der Waals surface area (Å²) in [6, 6.07) is 44.1. The number of hydrogen-bond donors (Lipinski definition) is 0. The fraction of sp³-hybridized carbons (Fsp3) is 0. The molecule has 7 aromatic rings. The molecule has 0 fully saturated rings. The molecule has 0 saturated heterocycles. The zero-order valence-corrected chi connectivity index (χ0v) is 21.1. The standard InChI is InChI=1S/C38H26/c1-3-25-18-19-27-20-21-29(24-35(27)30(25)4-2)36-32-16-10-11-17-33(32)37(28-13-6-5-7-14-28)38-31-15-9-8-12-26(31)22-23-34(36)38/h3-24H,1-2H2. The summed E-state index contributed by atoms with van der Waals surface area (Å²) in [5.74, 6) is 0. The van der Waals surface area contributed by atoms with E-state index in [1.54, 1.807) is 0 Å². The molecular weight excluding hydrogens is 456 g/mol. The summed E-state index contributed by atoms with van der Waals surface area (Å²) in [5.41, 5.74) is 7.22. The van der Waals surface area contributed by atoms with Crippen LogP contribution in [0.5, 0.6) is 0 Å². The Kier molecular flexibility index (Phi) is 5.20. The fourth-order valence-electron chi connectivity index (χ4n) is 6.08. The zero-order valence-electron chi connectivity index (χ0n) is 21.1. The van der Waals surface area contributed by atoms with Crippen molar-refractivity contribution in [1.29, 1.82) is 0 Å². The van der Waals surface area contributed by atoms with Crippen molar-refractivity contribution in [2.75, 3.05) is 0 Å². The molecule has 0 radical (unpaired) electrons. The number of hydrogen-bond acceptors (Lipinski definition) is 0. The van der Waals surface area contributed by atoms with E-state index in [1.807, 2.05) is 12.2 Å². The van der Waals surface area contributed by atoms with Crippen LogP contribution in [0.15, 0.2) is 134 Å². The third-order valence-electron chi connectivity index (χ3n) is 7.79. The summed E-state index contributed by atoms with van der Waals surface area (Å²) in [4.78, 5) is 0. The molecule has 38 heavy (non-hydrogen) atoms. The van der Waals surface area contributed by atoms with Gasteiger partial charge < -0.3 is 0 Å². The van der Waals surface area contributed by atoms with Crippen LogP contribution in [-0.2, 0) is 0 Å². The predicted octanol–water partition coefficient (Wildman–Crippen LogP) is 10.9. The van der Waals surface area contributed by atoms with Crippen molar-refractivity contribution in [3.8, 4) is 22.3 Å². The summed E-state index contributed by atoms with van der Waals surface area (Å²) in [7, 11) is 0. The first-order valence-electron chi connectivity index (χ1n) is 13.0. The molecule has 0 nitrogen and oxygen atoms in total. The minimum absolute atomic E-state index is 1.10. The van der Waals surface area contributed by atoms with Crippen molar-refractivity contribution in [3.05, 3.63) is 146 Å². The van der Waals surface area contributed by atoms with Crippen LogP contribution in [0.4, 0.5) is 0 Å². The number of rotatable bonds is 4. The van der Waals surface area contributed by atoms with Gasteiger partial charge in [-0.1, -0.05) is 141 Å². The van der Waals surface area contributed by atoms with Gasteiger partial charge in [0, 0.05) is 0 Å². The fourth-order valence-corrected chi connectivity index (χ4v) is 6.08. The molecule has 7 aromatic carbocycles. The molecule has 178 valence electrons. The molecule has 0 spiro atoms. The Morgan fingerprint density at radius 1 is 0.421 bits per heavy atom. The van der Waals surface area contributed by atoms with Gasteiger partial charge in [0.05, 0.1) is 0 Å². The molecular formula is C38H26. The number of benzene rings is 7. The molecule has 0 amide bonds. The minimum atomic E-state index is 1.10. The molecule has 0 aliphatic carbocycles. The summed E-state index contributed by atoms with van der Waals surface area (Å²) in [6.45, 7) is 8.15. The highest BCUT2D eigenvalue weighted by Crippen LogP contribution is 2.46. The van der Waals surface area contributed by atoms with Gasteiger partial charge in [0.25, 0.3) is 0 Å². The van der Waals surface area contributed by atoms with Crippen molar-refractivity contribution in [2.24, 2.45) is 0 Å². The van der Waals surface area contributed by atoms with E-state index < -0.39 is 0 Å². The maximum atomic E-state index is 4.12. The highest BCUT2D eigenvalue weighted by atomic mass is 14.2. The molecule has 0 heteroatoms. The van der Waals surface area contributed by atoms with E-state index in [0.717, 1.165) is 11.1 Å². The van der Waals surface area contributed by atoms with Crippen LogP contribution in [0.1, 0.15) is 11.1 Å². The maximum Gasteiger partial charge on any atom is -0.00141 e. The van der Waals surface area contributed by atoms with E-state index in [0.29, 0.717) is 0 Å². The summed E-state index contributed by atoms with van der Waals surface area (Å²) >= 11 is 0. The van der Waals surface area contributed by atoms with Crippen LogP contribution in [0.2, 0.25) is 0 Å². The normalized spacial score (nSPS) is 11.4. The first kappa shape index (κ1) is 22.3. The zero-order chi connectivity index (χ0) is 25.6. The largest absolute Gasteiger partial charge is 0.0984 e. The summed E-state index contributed by atoms with van der Waals surface area (Å²) < 4.78 is 0. The first-order chi connectivity index (χ1) is 18.8. The number of fused-ring (bicyclic) bond motifs is 5. The molecule has 0 heterocycles. The lowest BCUT2D eigenvalue weighted by molar-refractivity contribution is 1.65. The molecule has 0 unspecified atom stereocenters. The minimum Gasteiger partial charge on any atom is -0.0984 e. The Balaban J connectivity index is 1.70. The van der Waals surface area contributed by atoms with E-state index in [9.17, 15) is 0 Å². The van der Waals surface area contributed by atoms with Crippen molar-refractivity contribution in [1.82, 2.24) is 0 Å². The molecule has 0 N–H and O–H groups in total. The predicted molar refractivity (Wildman–Crippen MR) is 168 cm³/mol. The van der Waals surface area contributed by atoms with Crippen LogP contribution in [0.25, 0.3) is 77.5 Å². The summed E-state index contributed by atoms with van der Waals surface area (Å²) in [6.07, 6.45) is 3.86. The molecule has 0 saturated carbocycles. The molecule has 0 bridgehead atoms. The van der Waals surface area contributed by atoms with Crippen molar-refractivity contribution in [2.45, 2.75) is 0 Å². The summed E-state index contributed by atoms with van der Waals surface area (Å²) in [5, 5.41) is 10.0. The maximum absolute atomic E-state index is 4.12. The van der Waals surface area contributed by atoms with Gasteiger partial charge in [-0.25, -0.2) is 0 Å². The Hall–Kier alpha value is -4.94. The Morgan fingerprint density at radius 2 is 1.05 bits per heavy atom. The average molecular weight is 483 g/mol. The molecule has 0 atom stereocenters. The lowest BCUT2D eigenvalue weighted by atomic mass is 9.83. The second-order valence-electron chi connectivity index (χ2n) is 9.78. The average Bonchev–Trinajstić information content (AvgIpc) is 2.99. The third-order valence-corrected chi connectivity index (χ3v) is 7.79. The molecule has 0 aliphatic heterocycles. The van der Waals surface area contributed by atoms with Gasteiger partial charge in [-0.3, -0.25) is 0 Å². The molecule has 0 aliphatic rings. The van der Waals surface area contributed by atoms with Crippen molar-refractivity contribution in [3.63, 3.8) is 0 Å². The monoisotopic (exact) mass is 482 g/mol. The lowest BCUT2D eigenvalue weighted by Gasteiger charge is -2.20. The second kappa shape index (κ2) is 8.87. The third kappa shape index (κ3) is 3.31. The van der Waals surface area contributed by atoms with Gasteiger partial charge in [0.15, 0.2) is 0 Å². The van der Waals surface area contributed by atoms with Crippen LogP contribution in [0, 0.1) is 0 Å². The SMILES string of the molecule is C=Cc1ccc2ccc(-c3c4ccccc4c(-c4ccccc4)c4c3ccc3ccccc34)cc2c1C=C. The topological polar surface area (TPSA) is 0 Å². The molecule has 7 rings (SSSR count). The van der Waals surface area contributed by atoms with E-state index in [1.165, 1.54) is 65.3 Å². The van der Waals surface area contributed by atoms with Crippen molar-refractivity contribution >= 4 is 55.2 Å². The highest BCUT2D eigenvalue weighted by molar-refractivity contribution is 6.28. The quantitative estimate of drug-likeness (QED) is 0.173. The van der Waals surface area contributed by atoms with E-state index in [2.05, 4.69) is 134 Å². The lowest BCUT2D eigenvalue weighted by Crippen LogP contribution is -1.92. The van der Waals surface area contributed by atoms with Crippen LogP contribution in [0.3, 0.4) is 0 Å². The molecule has 0 aromatic heterocycles. The smallest absolute Gasteiger partial charge is 0.00141 e. The van der Waals surface area contributed by atoms with Gasteiger partial charge in [-0.2, -0.15) is 0 Å². The van der Waals surface area contributed by atoms with Gasteiger partial charge in [-0.15, -0.1) is 0 Å². The van der Waals surface area contributed by atoms with Crippen LogP contribution in [-0.4, -0.2) is 0 Å². The Bertz CT molecular complexity index is 2040. The van der Waals surface area contributed by atoms with Crippen LogP contribution < -0.4 is 0 Å². The van der Waals surface area contributed by atoms with Gasteiger partial charge in [0.2, 0.25) is 0 Å². The first-order valence-corrected chi connectivity index (χ1v) is 13.0. The van der Waals surface area contributed by atoms with Gasteiger partial charge in [0.1, 0.15) is 0 Å². The van der Waals surface area contributed by atoms with Gasteiger partial charge >= 0.3 is 0 Å². The van der Waals surface area contributed by atoms with E-state index in [4.69, 9.17) is 0 Å². The van der Waals surface area contributed by atoms with Crippen molar-refractivity contribution < 1.29 is 0 Å². The second-order valence-corrected chi connectivity index (χ2v) is 9.78. The Labute approximate surface area is 222 Å². The van der Waals surface area contributed by atoms with Gasteiger partial charge in [-0.05, 0) is 82.5 Å². The van der Waals surface area contributed by atoms with E-state index in [-0.39, 0.29) is 0 Å². The van der Waals surface area contributed by atoms with E-state index >= 15 is 0 Å². The highest BCUT2D eigenvalue weighted by Gasteiger charge is 2.19. The Morgan fingerprint density at radius 3 is 1.82 bits per heavy atom. The van der Waals surface area contributed by atoms with Crippen LogP contribution >= 0.6 is 0 Å².